The number of nitrogen functional groups attached to an aromatic ring is 2. The van der Waals surface area contributed by atoms with Crippen LogP contribution in [0.2, 0.25) is 0 Å². The maximum absolute atomic E-state index is 10.4. The van der Waals surface area contributed by atoms with Crippen molar-refractivity contribution in [2.75, 3.05) is 11.5 Å². The van der Waals surface area contributed by atoms with Crippen LogP contribution in [0, 0.1) is 0 Å². The summed E-state index contributed by atoms with van der Waals surface area (Å²) in [7, 11) is 0. The molecule has 0 aliphatic heterocycles. The zero-order valence-electron chi connectivity index (χ0n) is 6.90. The van der Waals surface area contributed by atoms with E-state index < -0.39 is 5.91 Å². The lowest BCUT2D eigenvalue weighted by Crippen LogP contribution is -2.05. The number of carbonyl (C=O) groups is 1. The second-order valence-corrected chi connectivity index (χ2v) is 2.48. The molecule has 1 heterocycles. The van der Waals surface area contributed by atoms with Crippen LogP contribution in [0.4, 0.5) is 11.5 Å². The molecule has 5 heteroatoms. The molecule has 0 unspecified atom stereocenters. The molecule has 0 radical (unpaired) electrons. The number of rotatable bonds is 2. The molecule has 0 aliphatic carbocycles. The van der Waals surface area contributed by atoms with Gasteiger partial charge in [0.25, 0.3) is 0 Å². The maximum atomic E-state index is 10.4. The van der Waals surface area contributed by atoms with Crippen molar-refractivity contribution in [1.29, 1.82) is 0 Å². The SMILES string of the molecule is NC(=O)C=Cc1cnc(N)c(N)c1. The summed E-state index contributed by atoms with van der Waals surface area (Å²) >= 11 is 0. The first-order valence-corrected chi connectivity index (χ1v) is 3.58. The Morgan fingerprint density at radius 1 is 1.46 bits per heavy atom. The van der Waals surface area contributed by atoms with Gasteiger partial charge in [-0.3, -0.25) is 4.79 Å². The summed E-state index contributed by atoms with van der Waals surface area (Å²) in [6, 6.07) is 1.61. The zero-order valence-corrected chi connectivity index (χ0v) is 6.90. The van der Waals surface area contributed by atoms with Gasteiger partial charge in [0.2, 0.25) is 5.91 Å². The Morgan fingerprint density at radius 3 is 2.69 bits per heavy atom. The van der Waals surface area contributed by atoms with Crippen molar-refractivity contribution in [3.05, 3.63) is 23.9 Å². The largest absolute Gasteiger partial charge is 0.396 e. The molecule has 0 atom stereocenters. The minimum absolute atomic E-state index is 0.274. The lowest BCUT2D eigenvalue weighted by Gasteiger charge is -1.98. The van der Waals surface area contributed by atoms with Crippen LogP contribution in [0.5, 0.6) is 0 Å². The van der Waals surface area contributed by atoms with Crippen LogP contribution < -0.4 is 17.2 Å². The highest BCUT2D eigenvalue weighted by molar-refractivity contribution is 5.90. The molecular weight excluding hydrogens is 168 g/mol. The fourth-order valence-electron chi connectivity index (χ4n) is 0.779. The van der Waals surface area contributed by atoms with Crippen molar-refractivity contribution < 1.29 is 4.79 Å². The first-order chi connectivity index (χ1) is 6.09. The van der Waals surface area contributed by atoms with E-state index in [2.05, 4.69) is 4.98 Å². The fraction of sp³-hybridized carbons (Fsp3) is 0. The normalized spacial score (nSPS) is 10.5. The third-order valence-electron chi connectivity index (χ3n) is 1.41. The number of carbonyl (C=O) groups excluding carboxylic acids is 1. The molecule has 68 valence electrons. The lowest BCUT2D eigenvalue weighted by molar-refractivity contribution is -0.113. The molecule has 6 N–H and O–H groups in total. The molecule has 0 spiro atoms. The predicted molar refractivity (Wildman–Crippen MR) is 51.3 cm³/mol. The van der Waals surface area contributed by atoms with Gasteiger partial charge in [-0.1, -0.05) is 0 Å². The van der Waals surface area contributed by atoms with E-state index >= 15 is 0 Å². The number of aromatic nitrogens is 1. The van der Waals surface area contributed by atoms with Crippen LogP contribution in [0.1, 0.15) is 5.56 Å². The predicted octanol–water partition coefficient (Wildman–Crippen LogP) is -0.256. The number of nitrogens with zero attached hydrogens (tertiary/aromatic N) is 1. The van der Waals surface area contributed by atoms with Gasteiger partial charge in [0.15, 0.2) is 0 Å². The Labute approximate surface area is 75.2 Å². The molecule has 0 fully saturated rings. The number of anilines is 2. The van der Waals surface area contributed by atoms with E-state index in [1.807, 2.05) is 0 Å². The van der Waals surface area contributed by atoms with Crippen LogP contribution in [0.15, 0.2) is 18.3 Å². The summed E-state index contributed by atoms with van der Waals surface area (Å²) in [5.74, 6) is -0.244. The third kappa shape index (κ3) is 2.48. The molecule has 5 nitrogen and oxygen atoms in total. The molecule has 0 aliphatic rings. The van der Waals surface area contributed by atoms with E-state index in [-0.39, 0.29) is 5.82 Å². The molecule has 0 aromatic carbocycles. The van der Waals surface area contributed by atoms with E-state index in [9.17, 15) is 4.79 Å². The second kappa shape index (κ2) is 3.57. The number of hydrogen-bond donors (Lipinski definition) is 3. The summed E-state index contributed by atoms with van der Waals surface area (Å²) in [5.41, 5.74) is 16.9. The Morgan fingerprint density at radius 2 is 2.15 bits per heavy atom. The Balaban J connectivity index is 2.92. The zero-order chi connectivity index (χ0) is 9.84. The van der Waals surface area contributed by atoms with Crippen LogP contribution >= 0.6 is 0 Å². The molecule has 0 bridgehead atoms. The van der Waals surface area contributed by atoms with Crippen LogP contribution in [0.3, 0.4) is 0 Å². The standard InChI is InChI=1S/C8H10N4O/c9-6-3-5(1-2-7(10)13)4-12-8(6)11/h1-4H,9H2,(H2,10,13)(H2,11,12). The summed E-state index contributed by atoms with van der Waals surface area (Å²) in [6.07, 6.45) is 4.25. The minimum Gasteiger partial charge on any atom is -0.396 e. The smallest absolute Gasteiger partial charge is 0.241 e. The summed E-state index contributed by atoms with van der Waals surface area (Å²) in [5, 5.41) is 0. The molecule has 0 saturated heterocycles. The highest BCUT2D eigenvalue weighted by Crippen LogP contribution is 2.13. The van der Waals surface area contributed by atoms with Crippen molar-refractivity contribution in [1.82, 2.24) is 4.98 Å². The summed E-state index contributed by atoms with van der Waals surface area (Å²) < 4.78 is 0. The number of amides is 1. The molecule has 1 aromatic rings. The number of pyridine rings is 1. The first-order valence-electron chi connectivity index (χ1n) is 3.58. The summed E-state index contributed by atoms with van der Waals surface area (Å²) in [6.45, 7) is 0. The van der Waals surface area contributed by atoms with Gasteiger partial charge in [-0.05, 0) is 17.7 Å². The highest BCUT2D eigenvalue weighted by Gasteiger charge is 1.95. The number of hydrogen-bond acceptors (Lipinski definition) is 4. The number of nitrogens with two attached hydrogens (primary N) is 3. The molecule has 1 rings (SSSR count). The quantitative estimate of drug-likeness (QED) is 0.542. The highest BCUT2D eigenvalue weighted by atomic mass is 16.1. The van der Waals surface area contributed by atoms with Crippen molar-refractivity contribution >= 4 is 23.5 Å². The minimum atomic E-state index is -0.518. The monoisotopic (exact) mass is 178 g/mol. The van der Waals surface area contributed by atoms with Gasteiger partial charge >= 0.3 is 0 Å². The average Bonchev–Trinajstić information content (AvgIpc) is 2.07. The fourth-order valence-corrected chi connectivity index (χ4v) is 0.779. The second-order valence-electron chi connectivity index (χ2n) is 2.48. The topological polar surface area (TPSA) is 108 Å². The van der Waals surface area contributed by atoms with Gasteiger partial charge in [-0.15, -0.1) is 0 Å². The van der Waals surface area contributed by atoms with E-state index in [1.54, 1.807) is 6.07 Å². The van der Waals surface area contributed by atoms with E-state index in [0.29, 0.717) is 11.3 Å². The Kier molecular flexibility index (Phi) is 2.49. The lowest BCUT2D eigenvalue weighted by atomic mass is 10.2. The van der Waals surface area contributed by atoms with E-state index in [4.69, 9.17) is 17.2 Å². The van der Waals surface area contributed by atoms with Crippen molar-refractivity contribution in [2.24, 2.45) is 5.73 Å². The molecule has 13 heavy (non-hydrogen) atoms. The van der Waals surface area contributed by atoms with E-state index in [0.717, 1.165) is 0 Å². The average molecular weight is 178 g/mol. The Bertz CT molecular complexity index is 359. The van der Waals surface area contributed by atoms with Gasteiger partial charge in [0.1, 0.15) is 5.82 Å². The van der Waals surface area contributed by atoms with Gasteiger partial charge in [-0.25, -0.2) is 4.98 Å². The van der Waals surface area contributed by atoms with Crippen molar-refractivity contribution in [3.63, 3.8) is 0 Å². The summed E-state index contributed by atoms with van der Waals surface area (Å²) in [4.78, 5) is 14.2. The molecule has 1 aromatic heterocycles. The maximum Gasteiger partial charge on any atom is 0.241 e. The van der Waals surface area contributed by atoms with Crippen molar-refractivity contribution in [2.45, 2.75) is 0 Å². The van der Waals surface area contributed by atoms with Gasteiger partial charge in [-0.2, -0.15) is 0 Å². The van der Waals surface area contributed by atoms with Gasteiger partial charge in [0, 0.05) is 12.3 Å². The number of primary amides is 1. The van der Waals surface area contributed by atoms with Gasteiger partial charge in [0.05, 0.1) is 5.69 Å². The Hall–Kier alpha value is -2.04. The van der Waals surface area contributed by atoms with Crippen LogP contribution in [0.25, 0.3) is 6.08 Å². The van der Waals surface area contributed by atoms with Crippen molar-refractivity contribution in [3.8, 4) is 0 Å². The molecular formula is C8H10N4O. The molecule has 1 amide bonds. The van der Waals surface area contributed by atoms with Crippen LogP contribution in [-0.4, -0.2) is 10.9 Å². The molecule has 0 saturated carbocycles. The van der Waals surface area contributed by atoms with Crippen LogP contribution in [-0.2, 0) is 4.79 Å². The third-order valence-corrected chi connectivity index (χ3v) is 1.41. The van der Waals surface area contributed by atoms with E-state index in [1.165, 1.54) is 18.3 Å². The first kappa shape index (κ1) is 9.05. The van der Waals surface area contributed by atoms with Gasteiger partial charge < -0.3 is 17.2 Å².